The van der Waals surface area contributed by atoms with Crippen LogP contribution in [-0.4, -0.2) is 28.3 Å². The Hall–Kier alpha value is -3.48. The van der Waals surface area contributed by atoms with Gasteiger partial charge in [-0.3, -0.25) is 4.79 Å². The molecule has 3 aromatic rings. The van der Waals surface area contributed by atoms with Gasteiger partial charge in [0.15, 0.2) is 6.04 Å². The highest BCUT2D eigenvalue weighted by Gasteiger charge is 2.30. The molecule has 0 bridgehead atoms. The zero-order valence-electron chi connectivity index (χ0n) is 17.4. The molecule has 1 aromatic heterocycles. The molecule has 156 valence electrons. The van der Waals surface area contributed by atoms with Gasteiger partial charge >= 0.3 is 5.97 Å². The lowest BCUT2D eigenvalue weighted by atomic mass is 10.0. The number of hydrogen-bond acceptors (Lipinski definition) is 4. The van der Waals surface area contributed by atoms with E-state index < -0.39 is 12.0 Å². The van der Waals surface area contributed by atoms with E-state index in [4.69, 9.17) is 4.74 Å². The number of ether oxygens (including phenoxy) is 1. The molecule has 1 atom stereocenters. The van der Waals surface area contributed by atoms with Crippen molar-refractivity contribution < 1.29 is 18.7 Å². The topological polar surface area (TPSA) is 73.2 Å². The maximum Gasteiger partial charge on any atom is 0.333 e. The lowest BCUT2D eigenvalue weighted by molar-refractivity contribution is -0.145. The molecule has 0 fully saturated rings. The zero-order chi connectivity index (χ0) is 21.8. The summed E-state index contributed by atoms with van der Waals surface area (Å²) in [6.45, 7) is 7.37. The molecule has 3 rings (SSSR count). The standard InChI is InChI=1S/C23H24FN3O3/c1-5-30-23(29)21(25-22(28)17-8-6-14(2)7-9-17)20-15(3)26-27(16(20)4)19-12-10-18(24)11-13-19/h6-13,21H,5H2,1-4H3,(H,25,28). The number of nitrogens with zero attached hydrogens (tertiary/aromatic N) is 2. The summed E-state index contributed by atoms with van der Waals surface area (Å²) >= 11 is 0. The van der Waals surface area contributed by atoms with Crippen LogP contribution in [0.3, 0.4) is 0 Å². The monoisotopic (exact) mass is 409 g/mol. The molecule has 0 aliphatic heterocycles. The molecule has 1 N–H and O–H groups in total. The van der Waals surface area contributed by atoms with Crippen LogP contribution >= 0.6 is 0 Å². The van der Waals surface area contributed by atoms with Gasteiger partial charge in [0.2, 0.25) is 0 Å². The minimum Gasteiger partial charge on any atom is -0.464 e. The smallest absolute Gasteiger partial charge is 0.333 e. The van der Waals surface area contributed by atoms with Crippen molar-refractivity contribution in [3.05, 3.63) is 82.4 Å². The second kappa shape index (κ2) is 8.90. The van der Waals surface area contributed by atoms with Gasteiger partial charge in [-0.25, -0.2) is 13.9 Å². The summed E-state index contributed by atoms with van der Waals surface area (Å²) in [4.78, 5) is 25.5. The minimum atomic E-state index is -1.02. The Morgan fingerprint density at radius 1 is 1.07 bits per heavy atom. The Balaban J connectivity index is 1.99. The minimum absolute atomic E-state index is 0.180. The van der Waals surface area contributed by atoms with Gasteiger partial charge in [-0.05, 0) is 64.1 Å². The molecule has 6 nitrogen and oxygen atoms in total. The number of halogens is 1. The van der Waals surface area contributed by atoms with Gasteiger partial charge in [0, 0.05) is 16.8 Å². The maximum absolute atomic E-state index is 13.3. The quantitative estimate of drug-likeness (QED) is 0.625. The number of amides is 1. The first-order valence-electron chi connectivity index (χ1n) is 9.68. The van der Waals surface area contributed by atoms with Gasteiger partial charge < -0.3 is 10.1 Å². The molecular formula is C23H24FN3O3. The van der Waals surface area contributed by atoms with Crippen molar-refractivity contribution in [1.29, 1.82) is 0 Å². The fourth-order valence-corrected chi connectivity index (χ4v) is 3.30. The van der Waals surface area contributed by atoms with Crippen molar-refractivity contribution in [2.45, 2.75) is 33.7 Å². The third kappa shape index (κ3) is 4.40. The second-order valence-corrected chi connectivity index (χ2v) is 7.00. The van der Waals surface area contributed by atoms with E-state index >= 15 is 0 Å². The average molecular weight is 409 g/mol. The largest absolute Gasteiger partial charge is 0.464 e. The highest BCUT2D eigenvalue weighted by Crippen LogP contribution is 2.26. The van der Waals surface area contributed by atoms with E-state index in [-0.39, 0.29) is 18.3 Å². The fourth-order valence-electron chi connectivity index (χ4n) is 3.30. The maximum atomic E-state index is 13.3. The third-order valence-corrected chi connectivity index (χ3v) is 4.82. The molecule has 7 heteroatoms. The first-order valence-corrected chi connectivity index (χ1v) is 9.68. The van der Waals surface area contributed by atoms with Crippen LogP contribution in [0.2, 0.25) is 0 Å². The number of carbonyl (C=O) groups excluding carboxylic acids is 2. The van der Waals surface area contributed by atoms with E-state index in [9.17, 15) is 14.0 Å². The van der Waals surface area contributed by atoms with Gasteiger partial charge in [0.25, 0.3) is 5.91 Å². The molecule has 1 amide bonds. The number of hydrogen-bond donors (Lipinski definition) is 1. The Morgan fingerprint density at radius 2 is 1.70 bits per heavy atom. The van der Waals surface area contributed by atoms with Crippen molar-refractivity contribution in [3.63, 3.8) is 0 Å². The van der Waals surface area contributed by atoms with Crippen LogP contribution in [0.5, 0.6) is 0 Å². The number of benzene rings is 2. The Labute approximate surface area is 174 Å². The zero-order valence-corrected chi connectivity index (χ0v) is 17.4. The summed E-state index contributed by atoms with van der Waals surface area (Å²) in [5, 5.41) is 7.28. The molecule has 0 radical (unpaired) electrons. The lowest BCUT2D eigenvalue weighted by Gasteiger charge is -2.18. The molecule has 0 saturated carbocycles. The summed E-state index contributed by atoms with van der Waals surface area (Å²) in [6, 6.07) is 11.9. The van der Waals surface area contributed by atoms with Crippen LogP contribution in [-0.2, 0) is 9.53 Å². The van der Waals surface area contributed by atoms with Crippen molar-refractivity contribution in [2.24, 2.45) is 0 Å². The molecule has 0 aliphatic carbocycles. The van der Waals surface area contributed by atoms with Crippen molar-refractivity contribution in [1.82, 2.24) is 15.1 Å². The molecule has 1 unspecified atom stereocenters. The average Bonchev–Trinajstić information content (AvgIpc) is 3.01. The summed E-state index contributed by atoms with van der Waals surface area (Å²) in [6.07, 6.45) is 0. The van der Waals surface area contributed by atoms with Gasteiger partial charge in [0.05, 0.1) is 18.0 Å². The van der Waals surface area contributed by atoms with Crippen LogP contribution in [0, 0.1) is 26.6 Å². The van der Waals surface area contributed by atoms with Gasteiger partial charge in [-0.2, -0.15) is 5.10 Å². The van der Waals surface area contributed by atoms with Crippen molar-refractivity contribution in [2.75, 3.05) is 6.61 Å². The molecule has 0 saturated heterocycles. The number of nitrogens with one attached hydrogen (secondary N) is 1. The van der Waals surface area contributed by atoms with Gasteiger partial charge in [-0.15, -0.1) is 0 Å². The number of aryl methyl sites for hydroxylation is 2. The van der Waals surface area contributed by atoms with Crippen LogP contribution in [0.1, 0.15) is 45.8 Å². The van der Waals surface area contributed by atoms with Gasteiger partial charge in [0.1, 0.15) is 5.82 Å². The summed E-state index contributed by atoms with van der Waals surface area (Å²) in [7, 11) is 0. The van der Waals surface area contributed by atoms with E-state index in [1.807, 2.05) is 19.1 Å². The molecule has 0 spiro atoms. The lowest BCUT2D eigenvalue weighted by Crippen LogP contribution is -2.35. The normalized spacial score (nSPS) is 11.8. The van der Waals surface area contributed by atoms with E-state index in [0.29, 0.717) is 28.2 Å². The van der Waals surface area contributed by atoms with Crippen LogP contribution in [0.25, 0.3) is 5.69 Å². The molecule has 30 heavy (non-hydrogen) atoms. The van der Waals surface area contributed by atoms with E-state index in [1.54, 1.807) is 49.7 Å². The molecular weight excluding hydrogens is 385 g/mol. The summed E-state index contributed by atoms with van der Waals surface area (Å²) in [5.74, 6) is -1.31. The number of carbonyl (C=O) groups is 2. The predicted molar refractivity (Wildman–Crippen MR) is 111 cm³/mol. The van der Waals surface area contributed by atoms with Crippen LogP contribution in [0.4, 0.5) is 4.39 Å². The molecule has 2 aromatic carbocycles. The van der Waals surface area contributed by atoms with Crippen molar-refractivity contribution in [3.8, 4) is 5.69 Å². The van der Waals surface area contributed by atoms with E-state index in [0.717, 1.165) is 5.56 Å². The summed E-state index contributed by atoms with van der Waals surface area (Å²) < 4.78 is 20.1. The Bertz CT molecular complexity index is 1060. The number of esters is 1. The van der Waals surface area contributed by atoms with Crippen molar-refractivity contribution >= 4 is 11.9 Å². The summed E-state index contributed by atoms with van der Waals surface area (Å²) in [5.41, 5.74) is 3.89. The first kappa shape index (κ1) is 21.2. The number of aromatic nitrogens is 2. The van der Waals surface area contributed by atoms with Crippen LogP contribution in [0.15, 0.2) is 48.5 Å². The highest BCUT2D eigenvalue weighted by atomic mass is 19.1. The second-order valence-electron chi connectivity index (χ2n) is 7.00. The molecule has 0 aliphatic rings. The fraction of sp³-hybridized carbons (Fsp3) is 0.261. The van der Waals surface area contributed by atoms with Gasteiger partial charge in [-0.1, -0.05) is 17.7 Å². The van der Waals surface area contributed by atoms with E-state index in [1.165, 1.54) is 12.1 Å². The number of rotatable bonds is 6. The molecule has 1 heterocycles. The third-order valence-electron chi connectivity index (χ3n) is 4.82. The SMILES string of the molecule is CCOC(=O)C(NC(=O)c1ccc(C)cc1)c1c(C)nn(-c2ccc(F)cc2)c1C. The first-order chi connectivity index (χ1) is 14.3. The highest BCUT2D eigenvalue weighted by molar-refractivity contribution is 5.97. The predicted octanol–water partition coefficient (Wildman–Crippen LogP) is 3.97. The Morgan fingerprint density at radius 3 is 2.30 bits per heavy atom. The Kier molecular flexibility index (Phi) is 6.30. The van der Waals surface area contributed by atoms with Crippen LogP contribution < -0.4 is 5.32 Å². The van der Waals surface area contributed by atoms with E-state index in [2.05, 4.69) is 10.4 Å².